The summed E-state index contributed by atoms with van der Waals surface area (Å²) in [5.41, 5.74) is 5.82. The second kappa shape index (κ2) is 12.7. The van der Waals surface area contributed by atoms with Crippen molar-refractivity contribution in [1.82, 2.24) is 14.8 Å². The summed E-state index contributed by atoms with van der Waals surface area (Å²) < 4.78 is 49.3. The summed E-state index contributed by atoms with van der Waals surface area (Å²) >= 11 is 0. The molecule has 2 aromatic rings. The minimum Gasteiger partial charge on any atom is -0.380 e. The van der Waals surface area contributed by atoms with Crippen LogP contribution in [0.3, 0.4) is 0 Å². The summed E-state index contributed by atoms with van der Waals surface area (Å²) in [5, 5.41) is 0. The Hall–Kier alpha value is -3.02. The SMILES string of the molecule is NC(=O)CN1CCc2ccc(C(F)(F)F)cc2C1=O.c1cncc(COC2CCCN(C3CCOC3)C2)c1. The zero-order valence-electron chi connectivity index (χ0n) is 21.2. The van der Waals surface area contributed by atoms with Crippen molar-refractivity contribution in [2.45, 2.75) is 50.6 Å². The average molecular weight is 535 g/mol. The molecule has 0 aliphatic carbocycles. The Kier molecular flexibility index (Phi) is 9.35. The van der Waals surface area contributed by atoms with Crippen LogP contribution < -0.4 is 5.73 Å². The number of carbonyl (C=O) groups excluding carboxylic acids is 2. The van der Waals surface area contributed by atoms with E-state index in [1.54, 1.807) is 6.20 Å². The quantitative estimate of drug-likeness (QED) is 0.612. The molecule has 38 heavy (non-hydrogen) atoms. The monoisotopic (exact) mass is 534 g/mol. The molecule has 2 N–H and O–H groups in total. The summed E-state index contributed by atoms with van der Waals surface area (Å²) in [7, 11) is 0. The summed E-state index contributed by atoms with van der Waals surface area (Å²) in [6, 6.07) is 7.73. The van der Waals surface area contributed by atoms with E-state index < -0.39 is 23.6 Å². The average Bonchev–Trinajstić information content (AvgIpc) is 3.45. The topological polar surface area (TPSA) is 98.0 Å². The van der Waals surface area contributed by atoms with Gasteiger partial charge in [-0.2, -0.15) is 13.2 Å². The first-order valence-corrected chi connectivity index (χ1v) is 12.8. The van der Waals surface area contributed by atoms with Crippen molar-refractivity contribution in [3.63, 3.8) is 0 Å². The van der Waals surface area contributed by atoms with Crippen molar-refractivity contribution >= 4 is 11.8 Å². The number of nitrogens with two attached hydrogens (primary N) is 1. The number of halogens is 3. The maximum absolute atomic E-state index is 12.6. The summed E-state index contributed by atoms with van der Waals surface area (Å²) in [6.45, 7) is 4.73. The summed E-state index contributed by atoms with van der Waals surface area (Å²) in [4.78, 5) is 30.6. The Morgan fingerprint density at radius 1 is 1.21 bits per heavy atom. The first kappa shape index (κ1) is 28.0. The van der Waals surface area contributed by atoms with E-state index in [1.807, 2.05) is 12.3 Å². The number of rotatable bonds is 6. The van der Waals surface area contributed by atoms with E-state index in [-0.39, 0.29) is 18.7 Å². The number of benzene rings is 1. The largest absolute Gasteiger partial charge is 0.416 e. The van der Waals surface area contributed by atoms with E-state index in [0.29, 0.717) is 30.7 Å². The van der Waals surface area contributed by atoms with E-state index in [9.17, 15) is 22.8 Å². The number of piperidine rings is 1. The first-order chi connectivity index (χ1) is 18.2. The number of ether oxygens (including phenoxy) is 2. The maximum Gasteiger partial charge on any atom is 0.416 e. The molecular formula is C27H33F3N4O4. The van der Waals surface area contributed by atoms with Crippen molar-refractivity contribution < 1.29 is 32.2 Å². The molecule has 0 bridgehead atoms. The Balaban J connectivity index is 0.000000177. The van der Waals surface area contributed by atoms with Crippen LogP contribution in [0.4, 0.5) is 13.2 Å². The van der Waals surface area contributed by atoms with Gasteiger partial charge in [-0.15, -0.1) is 0 Å². The van der Waals surface area contributed by atoms with Gasteiger partial charge in [-0.05, 0) is 61.6 Å². The standard InChI is InChI=1S/C15H22N2O2.C12H11F3N2O2/c1-3-13(9-16-6-1)11-19-15-4-2-7-17(10-15)14-5-8-18-12-14;13-12(14,15)8-2-1-7-3-4-17(6-10(16)18)11(19)9(7)5-8/h1,3,6,9,14-15H,2,4-5,7-8,10-12H2;1-2,5H,3-4,6H2,(H2,16,18). The second-order valence-corrected chi connectivity index (χ2v) is 9.76. The molecule has 5 rings (SSSR count). The van der Waals surface area contributed by atoms with E-state index in [2.05, 4.69) is 16.0 Å². The lowest BCUT2D eigenvalue weighted by Gasteiger charge is -2.36. The molecule has 2 saturated heterocycles. The third kappa shape index (κ3) is 7.52. The molecule has 0 radical (unpaired) electrons. The van der Waals surface area contributed by atoms with Crippen molar-refractivity contribution in [2.24, 2.45) is 5.73 Å². The molecule has 2 atom stereocenters. The molecule has 2 amide bonds. The zero-order valence-corrected chi connectivity index (χ0v) is 21.2. The number of nitrogens with zero attached hydrogens (tertiary/aromatic N) is 3. The fraction of sp³-hybridized carbons (Fsp3) is 0.519. The Morgan fingerprint density at radius 3 is 2.74 bits per heavy atom. The molecule has 8 nitrogen and oxygen atoms in total. The zero-order chi connectivity index (χ0) is 27.1. The van der Waals surface area contributed by atoms with Gasteiger partial charge >= 0.3 is 6.18 Å². The number of hydrogen-bond donors (Lipinski definition) is 1. The van der Waals surface area contributed by atoms with Crippen LogP contribution in [0.15, 0.2) is 42.7 Å². The van der Waals surface area contributed by atoms with Gasteiger partial charge in [0.1, 0.15) is 0 Å². The smallest absolute Gasteiger partial charge is 0.380 e. The number of amides is 2. The van der Waals surface area contributed by atoms with Gasteiger partial charge in [0.25, 0.3) is 5.91 Å². The summed E-state index contributed by atoms with van der Waals surface area (Å²) in [6.07, 6.45) is 3.52. The van der Waals surface area contributed by atoms with Crippen LogP contribution in [0.5, 0.6) is 0 Å². The molecule has 0 saturated carbocycles. The van der Waals surface area contributed by atoms with Gasteiger partial charge in [-0.25, -0.2) is 0 Å². The predicted octanol–water partition coefficient (Wildman–Crippen LogP) is 3.04. The van der Waals surface area contributed by atoms with E-state index in [1.165, 1.54) is 31.9 Å². The van der Waals surface area contributed by atoms with Crippen LogP contribution in [0.2, 0.25) is 0 Å². The molecule has 2 unspecified atom stereocenters. The van der Waals surface area contributed by atoms with Gasteiger partial charge in [0, 0.05) is 43.7 Å². The fourth-order valence-electron chi connectivity index (χ4n) is 4.98. The third-order valence-corrected chi connectivity index (χ3v) is 6.99. The number of fused-ring (bicyclic) bond motifs is 1. The minimum absolute atomic E-state index is 0.0117. The van der Waals surface area contributed by atoms with Crippen LogP contribution in [0, 0.1) is 0 Å². The van der Waals surface area contributed by atoms with Crippen LogP contribution in [0.25, 0.3) is 0 Å². The van der Waals surface area contributed by atoms with Gasteiger partial charge in [0.05, 0.1) is 31.4 Å². The molecular weight excluding hydrogens is 501 g/mol. The lowest BCUT2D eigenvalue weighted by molar-refractivity contribution is -0.137. The number of alkyl halides is 3. The van der Waals surface area contributed by atoms with Crippen LogP contribution in [0.1, 0.15) is 46.3 Å². The highest BCUT2D eigenvalue weighted by Crippen LogP contribution is 2.32. The molecule has 4 heterocycles. The number of hydrogen-bond acceptors (Lipinski definition) is 6. The van der Waals surface area contributed by atoms with E-state index in [0.717, 1.165) is 42.4 Å². The van der Waals surface area contributed by atoms with Crippen LogP contribution in [-0.2, 0) is 33.5 Å². The second-order valence-electron chi connectivity index (χ2n) is 9.76. The van der Waals surface area contributed by atoms with Gasteiger partial charge in [-0.3, -0.25) is 19.5 Å². The molecule has 2 fully saturated rings. The van der Waals surface area contributed by atoms with Crippen molar-refractivity contribution in [3.8, 4) is 0 Å². The van der Waals surface area contributed by atoms with E-state index >= 15 is 0 Å². The molecule has 3 aliphatic heterocycles. The third-order valence-electron chi connectivity index (χ3n) is 6.99. The molecule has 0 spiro atoms. The van der Waals surface area contributed by atoms with Crippen LogP contribution >= 0.6 is 0 Å². The fourth-order valence-corrected chi connectivity index (χ4v) is 4.98. The minimum atomic E-state index is -4.50. The normalized spacial score (nSPS) is 22.0. The number of aromatic nitrogens is 1. The number of likely N-dealkylation sites (tertiary alicyclic amines) is 1. The number of pyridine rings is 1. The highest BCUT2D eigenvalue weighted by atomic mass is 19.4. The maximum atomic E-state index is 12.6. The molecule has 1 aromatic heterocycles. The van der Waals surface area contributed by atoms with Gasteiger partial charge < -0.3 is 20.1 Å². The molecule has 1 aromatic carbocycles. The van der Waals surface area contributed by atoms with E-state index in [4.69, 9.17) is 15.2 Å². The number of carbonyl (C=O) groups is 2. The molecule has 3 aliphatic rings. The van der Waals surface area contributed by atoms with Crippen molar-refractivity contribution in [2.75, 3.05) is 39.4 Å². The van der Waals surface area contributed by atoms with Crippen molar-refractivity contribution in [1.29, 1.82) is 0 Å². The Morgan fingerprint density at radius 2 is 2.05 bits per heavy atom. The van der Waals surface area contributed by atoms with Gasteiger partial charge in [0.15, 0.2) is 0 Å². The van der Waals surface area contributed by atoms with Gasteiger partial charge in [-0.1, -0.05) is 12.1 Å². The molecule has 11 heteroatoms. The first-order valence-electron chi connectivity index (χ1n) is 12.8. The predicted molar refractivity (Wildman–Crippen MR) is 133 cm³/mol. The molecule has 206 valence electrons. The lowest BCUT2D eigenvalue weighted by atomic mass is 9.96. The highest BCUT2D eigenvalue weighted by Gasteiger charge is 2.34. The Labute approximate surface area is 219 Å². The van der Waals surface area contributed by atoms with Crippen LogP contribution in [-0.4, -0.2) is 78.1 Å². The highest BCUT2D eigenvalue weighted by molar-refractivity contribution is 5.98. The van der Waals surface area contributed by atoms with Gasteiger partial charge in [0.2, 0.25) is 5.91 Å². The summed E-state index contributed by atoms with van der Waals surface area (Å²) in [5.74, 6) is -1.28. The Bertz CT molecular complexity index is 1090. The van der Waals surface area contributed by atoms with Crippen molar-refractivity contribution in [3.05, 3.63) is 65.0 Å². The number of primary amides is 1. The lowest BCUT2D eigenvalue weighted by Crippen LogP contribution is -2.45.